The van der Waals surface area contributed by atoms with Crippen LogP contribution in [0.5, 0.6) is 5.75 Å². The Morgan fingerprint density at radius 2 is 2.00 bits per heavy atom. The summed E-state index contributed by atoms with van der Waals surface area (Å²) in [7, 11) is 0. The molecular formula is C28H25N7O5. The third-order valence-corrected chi connectivity index (χ3v) is 7.22. The number of anilines is 1. The van der Waals surface area contributed by atoms with Crippen LogP contribution in [0, 0.1) is 6.92 Å². The van der Waals surface area contributed by atoms with E-state index >= 15 is 0 Å². The fourth-order valence-electron chi connectivity index (χ4n) is 5.25. The summed E-state index contributed by atoms with van der Waals surface area (Å²) in [6.07, 6.45) is 2.70. The average Bonchev–Trinajstić information content (AvgIpc) is 3.58. The number of amides is 3. The van der Waals surface area contributed by atoms with Gasteiger partial charge < -0.3 is 20.7 Å². The number of rotatable bonds is 6. The molecule has 6 rings (SSSR count). The van der Waals surface area contributed by atoms with Gasteiger partial charge in [0.05, 0.1) is 11.7 Å². The summed E-state index contributed by atoms with van der Waals surface area (Å²) < 4.78 is 6.66. The predicted octanol–water partition coefficient (Wildman–Crippen LogP) is 2.31. The number of fused-ring (bicyclic) bond motifs is 3. The summed E-state index contributed by atoms with van der Waals surface area (Å²) >= 11 is 0. The minimum absolute atomic E-state index is 0.00835. The van der Waals surface area contributed by atoms with E-state index < -0.39 is 11.8 Å². The van der Waals surface area contributed by atoms with E-state index in [1.807, 2.05) is 13.0 Å². The number of hydrogen-bond acceptors (Lipinski definition) is 8. The maximum Gasteiger partial charge on any atom is 0.270 e. The molecule has 1 aliphatic carbocycles. The first-order valence-corrected chi connectivity index (χ1v) is 12.8. The molecule has 1 aliphatic heterocycles. The largest absolute Gasteiger partial charge is 0.482 e. The van der Waals surface area contributed by atoms with Crippen molar-refractivity contribution in [3.63, 3.8) is 0 Å². The Morgan fingerprint density at radius 1 is 1.15 bits per heavy atom. The van der Waals surface area contributed by atoms with Crippen molar-refractivity contribution in [2.24, 2.45) is 0 Å². The Balaban J connectivity index is 1.21. The van der Waals surface area contributed by atoms with Crippen LogP contribution < -0.4 is 20.7 Å². The van der Waals surface area contributed by atoms with Gasteiger partial charge in [-0.25, -0.2) is 4.98 Å². The number of carbonyl (C=O) groups excluding carboxylic acids is 4. The molecule has 0 bridgehead atoms. The molecule has 202 valence electrons. The molecule has 0 fully saturated rings. The van der Waals surface area contributed by atoms with Crippen LogP contribution in [0.25, 0.3) is 5.78 Å². The van der Waals surface area contributed by atoms with Crippen molar-refractivity contribution in [3.8, 4) is 5.75 Å². The third kappa shape index (κ3) is 4.53. The van der Waals surface area contributed by atoms with Gasteiger partial charge in [-0.15, -0.1) is 0 Å². The van der Waals surface area contributed by atoms with Crippen molar-refractivity contribution in [3.05, 3.63) is 81.9 Å². The van der Waals surface area contributed by atoms with Crippen molar-refractivity contribution in [2.75, 3.05) is 11.9 Å². The van der Waals surface area contributed by atoms with E-state index in [-0.39, 0.29) is 48.0 Å². The van der Waals surface area contributed by atoms with Crippen LogP contribution in [0.1, 0.15) is 73.0 Å². The van der Waals surface area contributed by atoms with Gasteiger partial charge >= 0.3 is 0 Å². The van der Waals surface area contributed by atoms with E-state index in [1.54, 1.807) is 31.2 Å². The van der Waals surface area contributed by atoms with Gasteiger partial charge in [-0.2, -0.15) is 14.6 Å². The molecular weight excluding hydrogens is 514 g/mol. The van der Waals surface area contributed by atoms with Crippen molar-refractivity contribution in [2.45, 2.75) is 39.3 Å². The summed E-state index contributed by atoms with van der Waals surface area (Å²) in [6, 6.07) is 10.1. The molecule has 0 unspecified atom stereocenters. The van der Waals surface area contributed by atoms with Crippen LogP contribution in [-0.4, -0.2) is 49.7 Å². The van der Waals surface area contributed by atoms with Crippen LogP contribution in [-0.2, 0) is 17.8 Å². The lowest BCUT2D eigenvalue weighted by atomic mass is 9.96. The van der Waals surface area contributed by atoms with E-state index in [4.69, 9.17) is 4.74 Å². The molecule has 40 heavy (non-hydrogen) atoms. The number of ether oxygens (including phenoxy) is 1. The van der Waals surface area contributed by atoms with Gasteiger partial charge in [-0.05, 0) is 61.1 Å². The number of Topliss-reactive ketones (excluding diaryl/α,β-unsaturated/α-hetero) is 1. The molecule has 1 atom stereocenters. The van der Waals surface area contributed by atoms with Crippen LogP contribution in [0.3, 0.4) is 0 Å². The first-order valence-electron chi connectivity index (χ1n) is 12.8. The van der Waals surface area contributed by atoms with E-state index in [2.05, 4.69) is 31.0 Å². The van der Waals surface area contributed by atoms with E-state index in [1.165, 1.54) is 16.9 Å². The van der Waals surface area contributed by atoms with Gasteiger partial charge in [-0.1, -0.05) is 18.2 Å². The van der Waals surface area contributed by atoms with E-state index in [0.717, 1.165) is 28.7 Å². The van der Waals surface area contributed by atoms with Gasteiger partial charge in [0, 0.05) is 18.2 Å². The van der Waals surface area contributed by atoms with Gasteiger partial charge in [0.15, 0.2) is 12.4 Å². The highest BCUT2D eigenvalue weighted by molar-refractivity contribution is 5.99. The molecule has 12 nitrogen and oxygen atoms in total. The van der Waals surface area contributed by atoms with Crippen LogP contribution in [0.2, 0.25) is 0 Å². The second-order valence-corrected chi connectivity index (χ2v) is 9.78. The Morgan fingerprint density at radius 3 is 2.83 bits per heavy atom. The first-order chi connectivity index (χ1) is 19.3. The number of aromatic nitrogens is 4. The molecule has 3 amide bonds. The summed E-state index contributed by atoms with van der Waals surface area (Å²) in [4.78, 5) is 58.4. The van der Waals surface area contributed by atoms with Crippen molar-refractivity contribution < 1.29 is 23.9 Å². The molecule has 2 aliphatic rings. The van der Waals surface area contributed by atoms with Crippen LogP contribution >= 0.6 is 0 Å². The maximum atomic E-state index is 13.4. The first kappa shape index (κ1) is 25.2. The summed E-state index contributed by atoms with van der Waals surface area (Å²) in [5, 5.41) is 12.7. The van der Waals surface area contributed by atoms with E-state index in [9.17, 15) is 19.2 Å². The summed E-state index contributed by atoms with van der Waals surface area (Å²) in [5.41, 5.74) is 5.08. The minimum atomic E-state index is -0.504. The molecule has 0 saturated heterocycles. The second-order valence-electron chi connectivity index (χ2n) is 9.78. The fraction of sp³-hybridized carbons (Fsp3) is 0.250. The van der Waals surface area contributed by atoms with Crippen molar-refractivity contribution >= 4 is 35.0 Å². The molecule has 2 aromatic heterocycles. The lowest BCUT2D eigenvalue weighted by Crippen LogP contribution is -2.31. The second kappa shape index (κ2) is 9.88. The lowest BCUT2D eigenvalue weighted by Gasteiger charge is -2.18. The number of benzene rings is 2. The Labute approximate surface area is 228 Å². The SMILES string of the molecule is CC(=O)c1ccc2c(c1C)CC[C@@H]2NC(=O)c1cc(C(=O)NCc2ccc3c(c2)NC(=O)CO3)nc2ncnn12. The molecule has 12 heteroatoms. The molecule has 0 saturated carbocycles. The Bertz CT molecular complexity index is 1730. The average molecular weight is 540 g/mol. The predicted molar refractivity (Wildman–Crippen MR) is 142 cm³/mol. The third-order valence-electron chi connectivity index (χ3n) is 7.22. The topological polar surface area (TPSA) is 157 Å². The highest BCUT2D eigenvalue weighted by Crippen LogP contribution is 2.35. The molecule has 3 N–H and O–H groups in total. The molecule has 2 aromatic carbocycles. The van der Waals surface area contributed by atoms with Crippen molar-refractivity contribution in [1.29, 1.82) is 0 Å². The normalized spacial score (nSPS) is 15.6. The number of hydrogen-bond donors (Lipinski definition) is 3. The van der Waals surface area contributed by atoms with Crippen LogP contribution in [0.15, 0.2) is 42.7 Å². The number of carbonyl (C=O) groups is 4. The quantitative estimate of drug-likeness (QED) is 0.315. The highest BCUT2D eigenvalue weighted by atomic mass is 16.5. The Kier molecular flexibility index (Phi) is 6.21. The summed E-state index contributed by atoms with van der Waals surface area (Å²) in [6.45, 7) is 3.60. The van der Waals surface area contributed by atoms with Crippen LogP contribution in [0.4, 0.5) is 5.69 Å². The van der Waals surface area contributed by atoms with Gasteiger partial charge in [0.25, 0.3) is 23.5 Å². The molecule has 4 aromatic rings. The van der Waals surface area contributed by atoms with Crippen molar-refractivity contribution in [1.82, 2.24) is 30.2 Å². The molecule has 3 heterocycles. The van der Waals surface area contributed by atoms with Gasteiger partial charge in [0.2, 0.25) is 0 Å². The number of nitrogens with zero attached hydrogens (tertiary/aromatic N) is 4. The maximum absolute atomic E-state index is 13.4. The minimum Gasteiger partial charge on any atom is -0.482 e. The molecule has 0 radical (unpaired) electrons. The zero-order chi connectivity index (χ0) is 28.0. The Hall–Kier alpha value is -5.13. The van der Waals surface area contributed by atoms with E-state index in [0.29, 0.717) is 23.4 Å². The zero-order valence-electron chi connectivity index (χ0n) is 21.8. The zero-order valence-corrected chi connectivity index (χ0v) is 21.8. The van der Waals surface area contributed by atoms with Gasteiger partial charge in [-0.3, -0.25) is 19.2 Å². The smallest absolute Gasteiger partial charge is 0.270 e. The van der Waals surface area contributed by atoms with Gasteiger partial charge in [0.1, 0.15) is 23.5 Å². The molecule has 0 spiro atoms. The standard InChI is InChI=1S/C28H25N7O5/c1-14-17(15(2)36)4-5-19-18(14)6-7-20(19)33-27(39)23-10-22(34-28-30-13-31-35(23)28)26(38)29-11-16-3-8-24-21(9-16)32-25(37)12-40-24/h3-5,8-10,13,20H,6-7,11-12H2,1-2H3,(H,29,38)(H,32,37)(H,33,39)/t20-/m0/s1. The lowest BCUT2D eigenvalue weighted by molar-refractivity contribution is -0.118. The highest BCUT2D eigenvalue weighted by Gasteiger charge is 2.28. The number of nitrogens with one attached hydrogen (secondary N) is 3. The number of ketones is 1. The summed E-state index contributed by atoms with van der Waals surface area (Å²) in [5.74, 6) is -0.498. The fourth-order valence-corrected chi connectivity index (χ4v) is 5.25. The monoisotopic (exact) mass is 539 g/mol.